The Morgan fingerprint density at radius 2 is 2.00 bits per heavy atom. The Balaban J connectivity index is 1.63. The second kappa shape index (κ2) is 9.55. The number of rotatable bonds is 6. The van der Waals surface area contributed by atoms with Gasteiger partial charge in [0, 0.05) is 30.7 Å². The molecule has 2 fully saturated rings. The molecule has 192 valence electrons. The Bertz CT molecular complexity index is 1300. The van der Waals surface area contributed by atoms with Crippen LogP contribution in [0.1, 0.15) is 70.9 Å². The first-order chi connectivity index (χ1) is 16.5. The van der Waals surface area contributed by atoms with Crippen LogP contribution in [0.25, 0.3) is 11.0 Å². The smallest absolute Gasteiger partial charge is 0.269 e. The molecule has 9 nitrogen and oxygen atoms in total. The Morgan fingerprint density at radius 1 is 1.31 bits per heavy atom. The number of hydrogen-bond acceptors (Lipinski definition) is 7. The molecule has 0 unspecified atom stereocenters. The van der Waals surface area contributed by atoms with Crippen LogP contribution >= 0.6 is 0 Å². The molecule has 0 aromatic carbocycles. The molecule has 2 aromatic heterocycles. The Hall–Kier alpha value is -2.44. The molecule has 0 spiro atoms. The molecule has 1 aliphatic carbocycles. The van der Waals surface area contributed by atoms with Gasteiger partial charge >= 0.3 is 0 Å². The Kier molecular flexibility index (Phi) is 7.00. The number of aromatic nitrogens is 3. The SMILES string of the molecule is C/C=C(\C)S(=O)(=O)N1CCC(Nc2ncc3cc(C(F)F)c(=O)n([C@@H]4CCC[C@@]4(C)O)c3n2)CC1. The minimum absolute atomic E-state index is 0.0973. The van der Waals surface area contributed by atoms with Gasteiger partial charge in [0.05, 0.1) is 22.1 Å². The van der Waals surface area contributed by atoms with Crippen LogP contribution in [-0.2, 0) is 10.0 Å². The van der Waals surface area contributed by atoms with Crippen molar-refractivity contribution < 1.29 is 22.3 Å². The zero-order valence-electron chi connectivity index (χ0n) is 20.0. The highest BCUT2D eigenvalue weighted by Gasteiger charge is 2.40. The van der Waals surface area contributed by atoms with E-state index in [9.17, 15) is 27.1 Å². The third-order valence-electron chi connectivity index (χ3n) is 7.17. The maximum absolute atomic E-state index is 13.6. The molecule has 1 saturated carbocycles. The summed E-state index contributed by atoms with van der Waals surface area (Å²) < 4.78 is 55.0. The molecule has 12 heteroatoms. The van der Waals surface area contributed by atoms with Crippen LogP contribution in [0.4, 0.5) is 14.7 Å². The molecule has 3 heterocycles. The standard InChI is InChI=1S/C23H31F2N5O4S/c1-4-14(2)35(33,34)29-10-7-16(8-11-29)27-22-26-13-15-12-17(19(24)25)21(31)30(20(15)28-22)18-6-5-9-23(18,3)32/h4,12-13,16,18-19,32H,5-11H2,1-3H3,(H,26,27,28)/b14-4+/t18-,23-/m1/s1. The van der Waals surface area contributed by atoms with E-state index in [1.165, 1.54) is 15.1 Å². The van der Waals surface area contributed by atoms with Crippen molar-refractivity contribution in [3.63, 3.8) is 0 Å². The Morgan fingerprint density at radius 3 is 2.57 bits per heavy atom. The fourth-order valence-corrected chi connectivity index (χ4v) is 6.37. The minimum Gasteiger partial charge on any atom is -0.388 e. The number of piperidine rings is 1. The highest BCUT2D eigenvalue weighted by Crippen LogP contribution is 2.40. The monoisotopic (exact) mass is 511 g/mol. The predicted molar refractivity (Wildman–Crippen MR) is 129 cm³/mol. The first kappa shape index (κ1) is 25.6. The summed E-state index contributed by atoms with van der Waals surface area (Å²) in [5, 5.41) is 14.3. The van der Waals surface area contributed by atoms with Crippen molar-refractivity contribution in [3.05, 3.63) is 39.2 Å². The number of aliphatic hydroxyl groups is 1. The largest absolute Gasteiger partial charge is 0.388 e. The van der Waals surface area contributed by atoms with Gasteiger partial charge in [0.15, 0.2) is 0 Å². The first-order valence-corrected chi connectivity index (χ1v) is 13.2. The molecule has 2 aromatic rings. The van der Waals surface area contributed by atoms with E-state index >= 15 is 0 Å². The van der Waals surface area contributed by atoms with Gasteiger partial charge in [0.25, 0.3) is 12.0 Å². The molecule has 0 bridgehead atoms. The fourth-order valence-electron chi connectivity index (χ4n) is 4.97. The molecule has 2 aliphatic rings. The van der Waals surface area contributed by atoms with Crippen LogP contribution in [0.3, 0.4) is 0 Å². The second-order valence-corrected chi connectivity index (χ2v) is 11.6. The molecule has 35 heavy (non-hydrogen) atoms. The summed E-state index contributed by atoms with van der Waals surface area (Å²) in [4.78, 5) is 22.1. The van der Waals surface area contributed by atoms with Gasteiger partial charge in [-0.05, 0) is 58.9 Å². The van der Waals surface area contributed by atoms with Crippen LogP contribution in [0, 0.1) is 0 Å². The van der Waals surface area contributed by atoms with Gasteiger partial charge in [-0.1, -0.05) is 6.08 Å². The molecule has 2 N–H and O–H groups in total. The third kappa shape index (κ3) is 4.83. The molecule has 0 amide bonds. The van der Waals surface area contributed by atoms with Gasteiger partial charge in [0.2, 0.25) is 16.0 Å². The first-order valence-electron chi connectivity index (χ1n) is 11.8. The van der Waals surface area contributed by atoms with Crippen molar-refractivity contribution in [1.82, 2.24) is 18.8 Å². The summed E-state index contributed by atoms with van der Waals surface area (Å²) >= 11 is 0. The lowest BCUT2D eigenvalue weighted by Gasteiger charge is -2.32. The number of halogens is 2. The lowest BCUT2D eigenvalue weighted by Crippen LogP contribution is -2.42. The normalized spacial score (nSPS) is 25.0. The number of alkyl halides is 2. The van der Waals surface area contributed by atoms with Gasteiger partial charge in [-0.15, -0.1) is 0 Å². The number of nitrogens with zero attached hydrogens (tertiary/aromatic N) is 4. The molecular formula is C23H31F2N5O4S. The van der Waals surface area contributed by atoms with E-state index < -0.39 is 39.2 Å². The zero-order valence-corrected chi connectivity index (χ0v) is 20.9. The van der Waals surface area contributed by atoms with Crippen LogP contribution in [0.2, 0.25) is 0 Å². The summed E-state index contributed by atoms with van der Waals surface area (Å²) in [5.74, 6) is 0.221. The average Bonchev–Trinajstić information content (AvgIpc) is 3.16. The number of sulfonamides is 1. The topological polar surface area (TPSA) is 117 Å². The van der Waals surface area contributed by atoms with E-state index in [2.05, 4.69) is 15.3 Å². The van der Waals surface area contributed by atoms with Gasteiger partial charge in [0.1, 0.15) is 5.65 Å². The highest BCUT2D eigenvalue weighted by atomic mass is 32.2. The number of pyridine rings is 1. The molecule has 1 aliphatic heterocycles. The molecular weight excluding hydrogens is 480 g/mol. The maximum atomic E-state index is 13.6. The third-order valence-corrected chi connectivity index (χ3v) is 9.26. The van der Waals surface area contributed by atoms with Crippen molar-refractivity contribution in [1.29, 1.82) is 0 Å². The Labute approximate surface area is 202 Å². The van der Waals surface area contributed by atoms with Gasteiger partial charge in [-0.25, -0.2) is 22.2 Å². The predicted octanol–water partition coefficient (Wildman–Crippen LogP) is 3.33. The molecule has 4 rings (SSSR count). The summed E-state index contributed by atoms with van der Waals surface area (Å²) in [6.07, 6.45) is 2.66. The average molecular weight is 512 g/mol. The second-order valence-electron chi connectivity index (χ2n) is 9.54. The van der Waals surface area contributed by atoms with E-state index in [1.54, 1.807) is 26.8 Å². The van der Waals surface area contributed by atoms with Crippen molar-refractivity contribution in [2.75, 3.05) is 18.4 Å². The van der Waals surface area contributed by atoms with Crippen LogP contribution in [-0.4, -0.2) is 57.1 Å². The zero-order chi connectivity index (χ0) is 25.5. The lowest BCUT2D eigenvalue weighted by atomic mass is 9.99. The minimum atomic E-state index is -3.47. The quantitative estimate of drug-likeness (QED) is 0.611. The number of nitrogens with one attached hydrogen (secondary N) is 1. The highest BCUT2D eigenvalue weighted by molar-refractivity contribution is 7.93. The summed E-state index contributed by atoms with van der Waals surface area (Å²) in [7, 11) is -3.47. The van der Waals surface area contributed by atoms with Gasteiger partial charge in [-0.2, -0.15) is 9.29 Å². The van der Waals surface area contributed by atoms with Crippen molar-refractivity contribution in [2.24, 2.45) is 0 Å². The van der Waals surface area contributed by atoms with Crippen LogP contribution < -0.4 is 10.9 Å². The van der Waals surface area contributed by atoms with E-state index in [0.717, 1.165) is 6.07 Å². The summed E-state index contributed by atoms with van der Waals surface area (Å²) in [6, 6.07) is 0.335. The summed E-state index contributed by atoms with van der Waals surface area (Å²) in [5.41, 5.74) is -2.54. The van der Waals surface area contributed by atoms with Crippen molar-refractivity contribution >= 4 is 27.0 Å². The van der Waals surface area contributed by atoms with E-state index in [4.69, 9.17) is 0 Å². The van der Waals surface area contributed by atoms with E-state index in [1.807, 2.05) is 0 Å². The lowest BCUT2D eigenvalue weighted by molar-refractivity contribution is 0.0261. The molecule has 2 atom stereocenters. The van der Waals surface area contributed by atoms with Gasteiger partial charge < -0.3 is 10.4 Å². The van der Waals surface area contributed by atoms with Crippen LogP contribution in [0.5, 0.6) is 0 Å². The molecule has 0 radical (unpaired) electrons. The van der Waals surface area contributed by atoms with Crippen LogP contribution in [0.15, 0.2) is 28.0 Å². The number of allylic oxidation sites excluding steroid dienone is 2. The number of fused-ring (bicyclic) bond motifs is 1. The number of hydrogen-bond donors (Lipinski definition) is 2. The summed E-state index contributed by atoms with van der Waals surface area (Å²) in [6.45, 7) is 5.55. The van der Waals surface area contributed by atoms with E-state index in [0.29, 0.717) is 50.1 Å². The maximum Gasteiger partial charge on any atom is 0.269 e. The molecule has 1 saturated heterocycles. The van der Waals surface area contributed by atoms with Crippen molar-refractivity contribution in [3.8, 4) is 0 Å². The van der Waals surface area contributed by atoms with Crippen molar-refractivity contribution in [2.45, 2.75) is 77.0 Å². The van der Waals surface area contributed by atoms with E-state index in [-0.39, 0.29) is 23.0 Å². The number of anilines is 1. The fraction of sp³-hybridized carbons (Fsp3) is 0.609. The van der Waals surface area contributed by atoms with Gasteiger partial charge in [-0.3, -0.25) is 9.36 Å².